The maximum atomic E-state index is 13.7. The smallest absolute Gasteiger partial charge is 0.250 e. The highest BCUT2D eigenvalue weighted by Gasteiger charge is 2.18. The first kappa shape index (κ1) is 13.2. The van der Waals surface area contributed by atoms with Gasteiger partial charge in [-0.05, 0) is 31.7 Å². The second-order valence-electron chi connectivity index (χ2n) is 3.82. The molecule has 0 radical (unpaired) electrons. The van der Waals surface area contributed by atoms with Crippen LogP contribution in [0.15, 0.2) is 27.1 Å². The Morgan fingerprint density at radius 2 is 2.22 bits per heavy atom. The molecule has 2 aromatic rings. The summed E-state index contributed by atoms with van der Waals surface area (Å²) in [4.78, 5) is 0. The SMILES string of the molecule is CCC(NC)c1nnc(-c2cc(Br)ccc2F)o1. The normalized spacial score (nSPS) is 12.7. The van der Waals surface area contributed by atoms with E-state index in [0.29, 0.717) is 11.5 Å². The van der Waals surface area contributed by atoms with Crippen LogP contribution in [-0.2, 0) is 0 Å². The predicted octanol–water partition coefficient (Wildman–Crippen LogP) is 3.31. The lowest BCUT2D eigenvalue weighted by atomic mass is 10.2. The Kier molecular flexibility index (Phi) is 4.08. The Morgan fingerprint density at radius 1 is 1.44 bits per heavy atom. The van der Waals surface area contributed by atoms with Gasteiger partial charge >= 0.3 is 0 Å². The molecule has 0 amide bonds. The van der Waals surface area contributed by atoms with Gasteiger partial charge in [-0.15, -0.1) is 10.2 Å². The van der Waals surface area contributed by atoms with E-state index in [4.69, 9.17) is 4.42 Å². The van der Waals surface area contributed by atoms with Crippen LogP contribution in [0.25, 0.3) is 11.5 Å². The summed E-state index contributed by atoms with van der Waals surface area (Å²) in [5.41, 5.74) is 0.300. The first-order chi connectivity index (χ1) is 8.65. The summed E-state index contributed by atoms with van der Waals surface area (Å²) < 4.78 is 19.9. The highest BCUT2D eigenvalue weighted by atomic mass is 79.9. The molecule has 0 saturated carbocycles. The number of aromatic nitrogens is 2. The van der Waals surface area contributed by atoms with Crippen LogP contribution in [0.5, 0.6) is 0 Å². The summed E-state index contributed by atoms with van der Waals surface area (Å²) in [5, 5.41) is 10.9. The molecule has 1 unspecified atom stereocenters. The molecule has 1 N–H and O–H groups in total. The molecule has 1 heterocycles. The third kappa shape index (κ3) is 2.59. The van der Waals surface area contributed by atoms with Crippen molar-refractivity contribution >= 4 is 15.9 Å². The van der Waals surface area contributed by atoms with Crippen molar-refractivity contribution in [3.63, 3.8) is 0 Å². The molecule has 6 heteroatoms. The zero-order valence-electron chi connectivity index (χ0n) is 10.1. The number of nitrogens with one attached hydrogen (secondary N) is 1. The topological polar surface area (TPSA) is 51.0 Å². The van der Waals surface area contributed by atoms with E-state index in [2.05, 4.69) is 31.4 Å². The third-order valence-corrected chi connectivity index (χ3v) is 3.15. The van der Waals surface area contributed by atoms with Gasteiger partial charge in [0.15, 0.2) is 0 Å². The van der Waals surface area contributed by atoms with Crippen LogP contribution < -0.4 is 5.32 Å². The highest BCUT2D eigenvalue weighted by molar-refractivity contribution is 9.10. The maximum Gasteiger partial charge on any atom is 0.250 e. The Labute approximate surface area is 113 Å². The van der Waals surface area contributed by atoms with Gasteiger partial charge in [0.25, 0.3) is 5.89 Å². The van der Waals surface area contributed by atoms with Crippen molar-refractivity contribution in [2.24, 2.45) is 0 Å². The van der Waals surface area contributed by atoms with Gasteiger partial charge in [0.2, 0.25) is 5.89 Å². The molecule has 4 nitrogen and oxygen atoms in total. The number of halogens is 2. The van der Waals surface area contributed by atoms with Gasteiger partial charge in [-0.2, -0.15) is 0 Å². The highest BCUT2D eigenvalue weighted by Crippen LogP contribution is 2.26. The lowest BCUT2D eigenvalue weighted by molar-refractivity contribution is 0.414. The van der Waals surface area contributed by atoms with Crippen molar-refractivity contribution < 1.29 is 8.81 Å². The third-order valence-electron chi connectivity index (χ3n) is 2.65. The van der Waals surface area contributed by atoms with Crippen LogP contribution in [0, 0.1) is 5.82 Å². The van der Waals surface area contributed by atoms with Crippen molar-refractivity contribution in [2.45, 2.75) is 19.4 Å². The van der Waals surface area contributed by atoms with Crippen molar-refractivity contribution in [3.05, 3.63) is 34.4 Å². The second-order valence-corrected chi connectivity index (χ2v) is 4.73. The Balaban J connectivity index is 2.37. The standard InChI is InChI=1S/C12H13BrFN3O/c1-3-10(15-2)12-17-16-11(18-12)8-6-7(13)4-5-9(8)14/h4-6,10,15H,3H2,1-2H3. The minimum absolute atomic E-state index is 0.0125. The molecule has 0 aliphatic heterocycles. The molecule has 0 aliphatic carbocycles. The van der Waals surface area contributed by atoms with Crippen LogP contribution in [0.3, 0.4) is 0 Å². The average Bonchev–Trinajstić information content (AvgIpc) is 2.83. The molecule has 96 valence electrons. The number of hydrogen-bond acceptors (Lipinski definition) is 4. The summed E-state index contributed by atoms with van der Waals surface area (Å²) in [6.07, 6.45) is 0.819. The van der Waals surface area contributed by atoms with Crippen molar-refractivity contribution in [1.82, 2.24) is 15.5 Å². The summed E-state index contributed by atoms with van der Waals surface area (Å²) in [7, 11) is 1.82. The summed E-state index contributed by atoms with van der Waals surface area (Å²) in [6, 6.07) is 4.59. The van der Waals surface area contributed by atoms with E-state index in [-0.39, 0.29) is 17.7 Å². The molecule has 1 aromatic heterocycles. The van der Waals surface area contributed by atoms with Crippen LogP contribution in [-0.4, -0.2) is 17.2 Å². The van der Waals surface area contributed by atoms with Gasteiger partial charge in [-0.1, -0.05) is 22.9 Å². The largest absolute Gasteiger partial charge is 0.419 e. The fourth-order valence-electron chi connectivity index (χ4n) is 1.65. The number of hydrogen-bond donors (Lipinski definition) is 1. The van der Waals surface area contributed by atoms with E-state index in [0.717, 1.165) is 10.9 Å². The fraction of sp³-hybridized carbons (Fsp3) is 0.333. The molecule has 2 rings (SSSR count). The van der Waals surface area contributed by atoms with Gasteiger partial charge < -0.3 is 9.73 Å². The van der Waals surface area contributed by atoms with E-state index in [1.165, 1.54) is 6.07 Å². The van der Waals surface area contributed by atoms with Crippen molar-refractivity contribution in [1.29, 1.82) is 0 Å². The van der Waals surface area contributed by atoms with Crippen LogP contribution in [0.1, 0.15) is 25.3 Å². The van der Waals surface area contributed by atoms with Crippen molar-refractivity contribution in [3.8, 4) is 11.5 Å². The first-order valence-corrected chi connectivity index (χ1v) is 6.41. The molecule has 0 bridgehead atoms. The Hall–Kier alpha value is -1.27. The summed E-state index contributed by atoms with van der Waals surface area (Å²) in [5.74, 6) is 0.276. The molecule has 0 saturated heterocycles. The summed E-state index contributed by atoms with van der Waals surface area (Å²) in [6.45, 7) is 2.00. The van der Waals surface area contributed by atoms with Crippen LogP contribution in [0.2, 0.25) is 0 Å². The van der Waals surface area contributed by atoms with E-state index in [9.17, 15) is 4.39 Å². The molecule has 1 atom stereocenters. The Morgan fingerprint density at radius 3 is 2.89 bits per heavy atom. The second kappa shape index (κ2) is 5.58. The lowest BCUT2D eigenvalue weighted by Crippen LogP contribution is -2.15. The van der Waals surface area contributed by atoms with Gasteiger partial charge in [0, 0.05) is 4.47 Å². The zero-order chi connectivity index (χ0) is 13.1. The molecule has 0 fully saturated rings. The van der Waals surface area contributed by atoms with E-state index in [1.807, 2.05) is 14.0 Å². The molecule has 0 aliphatic rings. The van der Waals surface area contributed by atoms with Gasteiger partial charge in [-0.3, -0.25) is 0 Å². The monoisotopic (exact) mass is 313 g/mol. The molecular formula is C12H13BrFN3O. The first-order valence-electron chi connectivity index (χ1n) is 5.61. The van der Waals surface area contributed by atoms with Gasteiger partial charge in [-0.25, -0.2) is 4.39 Å². The fourth-order valence-corrected chi connectivity index (χ4v) is 2.01. The molecule has 18 heavy (non-hydrogen) atoms. The van der Waals surface area contributed by atoms with Crippen LogP contribution >= 0.6 is 15.9 Å². The quantitative estimate of drug-likeness (QED) is 0.941. The lowest BCUT2D eigenvalue weighted by Gasteiger charge is -2.07. The minimum Gasteiger partial charge on any atom is -0.419 e. The minimum atomic E-state index is -0.383. The summed E-state index contributed by atoms with van der Waals surface area (Å²) >= 11 is 3.29. The Bertz CT molecular complexity index is 540. The van der Waals surface area contributed by atoms with Crippen molar-refractivity contribution in [2.75, 3.05) is 7.05 Å². The van der Waals surface area contributed by atoms with E-state index >= 15 is 0 Å². The number of rotatable bonds is 4. The zero-order valence-corrected chi connectivity index (χ0v) is 11.7. The molecular weight excluding hydrogens is 301 g/mol. The van der Waals surface area contributed by atoms with Gasteiger partial charge in [0.05, 0.1) is 11.6 Å². The predicted molar refractivity (Wildman–Crippen MR) is 69.5 cm³/mol. The van der Waals surface area contributed by atoms with Crippen LogP contribution in [0.4, 0.5) is 4.39 Å². The molecule has 0 spiro atoms. The van der Waals surface area contributed by atoms with E-state index < -0.39 is 0 Å². The average molecular weight is 314 g/mol. The number of benzene rings is 1. The van der Waals surface area contributed by atoms with Gasteiger partial charge in [0.1, 0.15) is 5.82 Å². The van der Waals surface area contributed by atoms with E-state index in [1.54, 1.807) is 12.1 Å². The number of nitrogens with zero attached hydrogens (tertiary/aromatic N) is 2. The maximum absolute atomic E-state index is 13.7. The molecule has 1 aromatic carbocycles.